The molecule has 1 aliphatic heterocycles. The first kappa shape index (κ1) is 25.9. The number of nitrogens with zero attached hydrogens (tertiary/aromatic N) is 3. The molecule has 1 saturated heterocycles. The van der Waals surface area contributed by atoms with Gasteiger partial charge in [-0.25, -0.2) is 0 Å². The van der Waals surface area contributed by atoms with Gasteiger partial charge in [0.15, 0.2) is 11.5 Å². The molecular weight excluding hydrogens is 562 g/mol. The van der Waals surface area contributed by atoms with Crippen LogP contribution in [0, 0.1) is 21.4 Å². The van der Waals surface area contributed by atoms with Crippen molar-refractivity contribution in [1.82, 2.24) is 4.90 Å². The zero-order valence-corrected chi connectivity index (χ0v) is 21.7. The molecule has 2 amide bonds. The molecule has 0 N–H and O–H groups in total. The van der Waals surface area contributed by atoms with Gasteiger partial charge in [0.05, 0.1) is 39.6 Å². The lowest BCUT2D eigenvalue weighted by Gasteiger charge is -2.14. The number of thioether (sulfide) groups is 1. The number of non-ortho nitro benzene ring substituents is 1. The first-order valence-corrected chi connectivity index (χ1v) is 12.4. The van der Waals surface area contributed by atoms with Crippen molar-refractivity contribution in [2.75, 3.05) is 7.11 Å². The van der Waals surface area contributed by atoms with Crippen LogP contribution in [-0.2, 0) is 17.9 Å². The molecule has 11 heteroatoms. The number of hydrogen-bond acceptors (Lipinski definition) is 8. The highest BCUT2D eigenvalue weighted by Crippen LogP contribution is 2.39. The largest absolute Gasteiger partial charge is 0.493 e. The van der Waals surface area contributed by atoms with Crippen molar-refractivity contribution in [3.8, 4) is 17.6 Å². The third kappa shape index (κ3) is 5.99. The van der Waals surface area contributed by atoms with E-state index >= 15 is 0 Å². The van der Waals surface area contributed by atoms with Crippen LogP contribution in [0.5, 0.6) is 11.5 Å². The predicted octanol–water partition coefficient (Wildman–Crippen LogP) is 6.05. The number of nitro benzene ring substituents is 1. The van der Waals surface area contributed by atoms with Crippen molar-refractivity contribution in [1.29, 1.82) is 5.26 Å². The van der Waals surface area contributed by atoms with Crippen LogP contribution < -0.4 is 9.47 Å². The summed E-state index contributed by atoms with van der Waals surface area (Å²) in [6.45, 7) is 0.261. The lowest BCUT2D eigenvalue weighted by Crippen LogP contribution is -2.27. The van der Waals surface area contributed by atoms with E-state index in [4.69, 9.17) is 14.7 Å². The summed E-state index contributed by atoms with van der Waals surface area (Å²) < 4.78 is 12.0. The Morgan fingerprint density at radius 3 is 2.41 bits per heavy atom. The molecule has 4 rings (SSSR count). The molecule has 0 bridgehead atoms. The number of imide groups is 1. The maximum absolute atomic E-state index is 12.9. The van der Waals surface area contributed by atoms with Crippen molar-refractivity contribution >= 4 is 50.6 Å². The smallest absolute Gasteiger partial charge is 0.293 e. The summed E-state index contributed by atoms with van der Waals surface area (Å²) in [4.78, 5) is 37.1. The fraction of sp³-hybridized carbons (Fsp3) is 0.115. The molecule has 37 heavy (non-hydrogen) atoms. The molecule has 3 aromatic carbocycles. The van der Waals surface area contributed by atoms with Gasteiger partial charge in [0.2, 0.25) is 0 Å². The quantitative estimate of drug-likeness (QED) is 0.179. The normalized spacial score (nSPS) is 14.1. The molecule has 1 aliphatic rings. The summed E-state index contributed by atoms with van der Waals surface area (Å²) in [5.41, 5.74) is 2.59. The van der Waals surface area contributed by atoms with E-state index in [9.17, 15) is 19.7 Å². The third-order valence-corrected chi connectivity index (χ3v) is 6.87. The van der Waals surface area contributed by atoms with Crippen LogP contribution in [0.4, 0.5) is 10.5 Å². The van der Waals surface area contributed by atoms with Gasteiger partial charge >= 0.3 is 0 Å². The van der Waals surface area contributed by atoms with E-state index in [1.807, 2.05) is 0 Å². The number of nitriles is 1. The minimum atomic E-state index is -0.512. The number of benzene rings is 3. The summed E-state index contributed by atoms with van der Waals surface area (Å²) in [5, 5.41) is 19.3. The topological polar surface area (TPSA) is 123 Å². The van der Waals surface area contributed by atoms with Gasteiger partial charge < -0.3 is 9.47 Å². The number of carbonyl (C=O) groups excluding carboxylic acids is 2. The number of ether oxygens (including phenoxy) is 2. The monoisotopic (exact) mass is 579 g/mol. The van der Waals surface area contributed by atoms with Gasteiger partial charge in [-0.05, 0) is 74.7 Å². The van der Waals surface area contributed by atoms with Crippen LogP contribution in [0.1, 0.15) is 22.3 Å². The Morgan fingerprint density at radius 2 is 1.78 bits per heavy atom. The molecule has 0 saturated carbocycles. The van der Waals surface area contributed by atoms with E-state index in [1.54, 1.807) is 42.5 Å². The standard InChI is InChI=1S/C26H18BrN3O6S/c1-35-22-11-19(10-21(27)24(22)36-15-18-4-2-16(13-28)3-5-18)12-23-25(31)29(26(32)37-23)14-17-6-8-20(9-7-17)30(33)34/h2-12H,14-15H2,1H3/b23-12-. The van der Waals surface area contributed by atoms with Gasteiger partial charge in [0.25, 0.3) is 16.8 Å². The minimum Gasteiger partial charge on any atom is -0.493 e. The molecule has 3 aromatic rings. The van der Waals surface area contributed by atoms with E-state index in [0.717, 1.165) is 22.2 Å². The zero-order chi connectivity index (χ0) is 26.5. The number of halogens is 1. The highest BCUT2D eigenvalue weighted by atomic mass is 79.9. The van der Waals surface area contributed by atoms with E-state index < -0.39 is 16.1 Å². The number of rotatable bonds is 8. The second-order valence-electron chi connectivity index (χ2n) is 7.82. The molecule has 0 radical (unpaired) electrons. The molecule has 1 heterocycles. The summed E-state index contributed by atoms with van der Waals surface area (Å²) in [5.74, 6) is 0.444. The van der Waals surface area contributed by atoms with Crippen LogP contribution in [-0.4, -0.2) is 28.1 Å². The number of methoxy groups -OCH3 is 1. The Kier molecular flexibility index (Phi) is 7.91. The van der Waals surface area contributed by atoms with Crippen LogP contribution in [0.25, 0.3) is 6.08 Å². The number of nitro groups is 1. The van der Waals surface area contributed by atoms with Gasteiger partial charge in [-0.15, -0.1) is 0 Å². The van der Waals surface area contributed by atoms with Crippen LogP contribution in [0.2, 0.25) is 0 Å². The van der Waals surface area contributed by atoms with Crippen molar-refractivity contribution in [2.24, 2.45) is 0 Å². The second kappa shape index (κ2) is 11.3. The third-order valence-electron chi connectivity index (χ3n) is 5.38. The summed E-state index contributed by atoms with van der Waals surface area (Å²) in [6.07, 6.45) is 1.60. The van der Waals surface area contributed by atoms with Gasteiger partial charge in [-0.3, -0.25) is 24.6 Å². The number of hydrogen-bond donors (Lipinski definition) is 0. The SMILES string of the molecule is COc1cc(/C=C2\SC(=O)N(Cc3ccc([N+](=O)[O-])cc3)C2=O)cc(Br)c1OCc1ccc(C#N)cc1. The van der Waals surface area contributed by atoms with E-state index in [0.29, 0.717) is 32.7 Å². The van der Waals surface area contributed by atoms with Gasteiger partial charge in [0.1, 0.15) is 6.61 Å². The molecule has 0 aliphatic carbocycles. The van der Waals surface area contributed by atoms with Crippen LogP contribution in [0.3, 0.4) is 0 Å². The molecule has 0 aromatic heterocycles. The Bertz CT molecular complexity index is 1450. The van der Waals surface area contributed by atoms with Crippen molar-refractivity contribution in [2.45, 2.75) is 13.2 Å². The molecule has 0 atom stereocenters. The fourth-order valence-corrected chi connectivity index (χ4v) is 4.90. The number of carbonyl (C=O) groups is 2. The van der Waals surface area contributed by atoms with E-state index in [2.05, 4.69) is 22.0 Å². The molecule has 0 unspecified atom stereocenters. The Labute approximate surface area is 224 Å². The lowest BCUT2D eigenvalue weighted by atomic mass is 10.1. The van der Waals surface area contributed by atoms with E-state index in [-0.39, 0.29) is 23.7 Å². The van der Waals surface area contributed by atoms with Gasteiger partial charge in [0, 0.05) is 12.1 Å². The first-order chi connectivity index (χ1) is 17.8. The molecule has 0 spiro atoms. The summed E-state index contributed by atoms with van der Waals surface area (Å²) in [7, 11) is 1.50. The summed E-state index contributed by atoms with van der Waals surface area (Å²) in [6, 6.07) is 18.3. The van der Waals surface area contributed by atoms with Crippen LogP contribution >= 0.6 is 27.7 Å². The predicted molar refractivity (Wildman–Crippen MR) is 141 cm³/mol. The van der Waals surface area contributed by atoms with Crippen molar-refractivity contribution in [3.63, 3.8) is 0 Å². The first-order valence-electron chi connectivity index (χ1n) is 10.8. The zero-order valence-electron chi connectivity index (χ0n) is 19.3. The molecular formula is C26H18BrN3O6S. The Balaban J connectivity index is 1.50. The van der Waals surface area contributed by atoms with Gasteiger partial charge in [-0.1, -0.05) is 24.3 Å². The highest BCUT2D eigenvalue weighted by Gasteiger charge is 2.35. The van der Waals surface area contributed by atoms with Crippen molar-refractivity contribution < 1.29 is 24.0 Å². The fourth-order valence-electron chi connectivity index (χ4n) is 3.49. The maximum atomic E-state index is 12.9. The lowest BCUT2D eigenvalue weighted by molar-refractivity contribution is -0.384. The average Bonchev–Trinajstić information content (AvgIpc) is 3.15. The maximum Gasteiger partial charge on any atom is 0.293 e. The molecule has 186 valence electrons. The molecule has 1 fully saturated rings. The van der Waals surface area contributed by atoms with Crippen molar-refractivity contribution in [3.05, 3.63) is 102 Å². The van der Waals surface area contributed by atoms with Gasteiger partial charge in [-0.2, -0.15) is 5.26 Å². The highest BCUT2D eigenvalue weighted by molar-refractivity contribution is 9.10. The Morgan fingerprint density at radius 1 is 1.11 bits per heavy atom. The Hall–Kier alpha value is -4.14. The summed E-state index contributed by atoms with van der Waals surface area (Å²) >= 11 is 4.31. The average molecular weight is 580 g/mol. The minimum absolute atomic E-state index is 0.00907. The van der Waals surface area contributed by atoms with Crippen LogP contribution in [0.15, 0.2) is 70.0 Å². The molecule has 9 nitrogen and oxygen atoms in total. The second-order valence-corrected chi connectivity index (χ2v) is 9.67. The van der Waals surface area contributed by atoms with E-state index in [1.165, 1.54) is 31.4 Å². The number of amides is 2.